The van der Waals surface area contributed by atoms with Crippen LogP contribution in [0.2, 0.25) is 0 Å². The van der Waals surface area contributed by atoms with E-state index in [1.165, 1.54) is 204 Å². The number of rotatable bonds is 35. The topological polar surface area (TPSA) is 54.4 Å². The lowest BCUT2D eigenvalue weighted by Crippen LogP contribution is -2.01. The Kier molecular flexibility index (Phi) is 27.0. The summed E-state index contributed by atoms with van der Waals surface area (Å²) in [4.78, 5) is 0.0528. The first-order valence-electron chi connectivity index (χ1n) is 22.0. The second kappa shape index (κ2) is 30.1. The van der Waals surface area contributed by atoms with Gasteiger partial charge in [0.05, 0.1) is 0 Å². The zero-order chi connectivity index (χ0) is 36.0. The Morgan fingerprint density at radius 2 is 0.740 bits per heavy atom. The van der Waals surface area contributed by atoms with Crippen molar-refractivity contribution in [3.63, 3.8) is 0 Å². The summed E-state index contributed by atoms with van der Waals surface area (Å²) in [5, 5.41) is 1.67. The summed E-state index contributed by atoms with van der Waals surface area (Å²) in [7, 11) is -4.27. The van der Waals surface area contributed by atoms with E-state index in [1.807, 2.05) is 12.1 Å². The van der Waals surface area contributed by atoms with Crippen molar-refractivity contribution in [1.29, 1.82) is 0 Å². The zero-order valence-electron chi connectivity index (χ0n) is 33.1. The Morgan fingerprint density at radius 1 is 0.400 bits per heavy atom. The lowest BCUT2D eigenvalue weighted by molar-refractivity contribution is 0.484. The van der Waals surface area contributed by atoms with Crippen LogP contribution in [-0.4, -0.2) is 13.0 Å². The standard InChI is InChI=1S/C46H80O3S/c1-3-5-7-9-11-13-15-17-19-21-23-25-27-29-31-33-35-42-37-39-44-43(38-40-46(45(44)41-42)50(47,48)49)36-34-32-30-28-26-24-22-20-18-16-14-12-10-8-6-4-2/h37-41H,3-36H2,1-2H3,(H,47,48,49). The number of fused-ring (bicyclic) bond motifs is 1. The van der Waals surface area contributed by atoms with E-state index >= 15 is 0 Å². The van der Waals surface area contributed by atoms with E-state index in [0.717, 1.165) is 31.1 Å². The molecule has 2 aromatic carbocycles. The van der Waals surface area contributed by atoms with Crippen LogP contribution in [0.1, 0.15) is 230 Å². The Labute approximate surface area is 311 Å². The minimum absolute atomic E-state index is 0.0528. The van der Waals surface area contributed by atoms with Gasteiger partial charge in [0.25, 0.3) is 10.1 Å². The molecule has 0 saturated heterocycles. The molecule has 4 heteroatoms. The first-order valence-corrected chi connectivity index (χ1v) is 23.4. The first kappa shape index (κ1) is 44.8. The molecule has 0 saturated carbocycles. The van der Waals surface area contributed by atoms with Crippen molar-refractivity contribution in [2.24, 2.45) is 0 Å². The molecule has 0 aliphatic rings. The molecule has 0 fully saturated rings. The van der Waals surface area contributed by atoms with Gasteiger partial charge in [-0.25, -0.2) is 0 Å². The lowest BCUT2D eigenvalue weighted by Gasteiger charge is -2.12. The Morgan fingerprint density at radius 3 is 1.10 bits per heavy atom. The lowest BCUT2D eigenvalue weighted by atomic mass is 9.96. The van der Waals surface area contributed by atoms with Crippen molar-refractivity contribution >= 4 is 20.9 Å². The number of aryl methyl sites for hydroxylation is 2. The summed E-state index contributed by atoms with van der Waals surface area (Å²) < 4.78 is 34.5. The van der Waals surface area contributed by atoms with Crippen LogP contribution in [0.3, 0.4) is 0 Å². The first-order chi connectivity index (χ1) is 24.5. The SMILES string of the molecule is CCCCCCCCCCCCCCCCCCc1ccc2c(CCCCCCCCCCCCCCCCCC)ccc(S(=O)(=O)O)c2c1. The van der Waals surface area contributed by atoms with Gasteiger partial charge >= 0.3 is 0 Å². The average molecular weight is 713 g/mol. The highest BCUT2D eigenvalue weighted by atomic mass is 32.2. The van der Waals surface area contributed by atoms with E-state index in [4.69, 9.17) is 0 Å². The van der Waals surface area contributed by atoms with Crippen LogP contribution < -0.4 is 0 Å². The molecule has 0 aromatic heterocycles. The highest BCUT2D eigenvalue weighted by molar-refractivity contribution is 7.86. The molecule has 0 unspecified atom stereocenters. The molecule has 2 aromatic rings. The summed E-state index contributed by atoms with van der Waals surface area (Å²) in [6, 6.07) is 9.86. The second-order valence-corrected chi connectivity index (χ2v) is 17.1. The van der Waals surface area contributed by atoms with Gasteiger partial charge < -0.3 is 0 Å². The van der Waals surface area contributed by atoms with Crippen LogP contribution in [-0.2, 0) is 23.0 Å². The largest absolute Gasteiger partial charge is 0.295 e. The summed E-state index contributed by atoms with van der Waals surface area (Å²) in [5.41, 5.74) is 2.37. The second-order valence-electron chi connectivity index (χ2n) is 15.7. The van der Waals surface area contributed by atoms with Crippen molar-refractivity contribution in [2.75, 3.05) is 0 Å². The van der Waals surface area contributed by atoms with Gasteiger partial charge in [0, 0.05) is 5.39 Å². The average Bonchev–Trinajstić information content (AvgIpc) is 3.10. The third-order valence-corrected chi connectivity index (χ3v) is 11.9. The van der Waals surface area contributed by atoms with Crippen LogP contribution >= 0.6 is 0 Å². The van der Waals surface area contributed by atoms with E-state index in [0.29, 0.717) is 5.39 Å². The van der Waals surface area contributed by atoms with Crippen LogP contribution in [0, 0.1) is 0 Å². The van der Waals surface area contributed by atoms with Gasteiger partial charge in [-0.1, -0.05) is 225 Å². The molecule has 0 heterocycles. The van der Waals surface area contributed by atoms with Crippen LogP contribution in [0.4, 0.5) is 0 Å². The molecule has 0 atom stereocenters. The highest BCUT2D eigenvalue weighted by Crippen LogP contribution is 2.29. The van der Waals surface area contributed by atoms with E-state index in [-0.39, 0.29) is 4.90 Å². The van der Waals surface area contributed by atoms with E-state index in [2.05, 4.69) is 26.0 Å². The van der Waals surface area contributed by atoms with Crippen LogP contribution in [0.25, 0.3) is 10.8 Å². The van der Waals surface area contributed by atoms with Gasteiger partial charge in [0.1, 0.15) is 4.90 Å². The van der Waals surface area contributed by atoms with Crippen molar-refractivity contribution in [3.05, 3.63) is 41.5 Å². The van der Waals surface area contributed by atoms with E-state index in [1.54, 1.807) is 6.07 Å². The molecule has 0 spiro atoms. The Balaban J connectivity index is 1.60. The predicted molar refractivity (Wildman–Crippen MR) is 220 cm³/mol. The van der Waals surface area contributed by atoms with Gasteiger partial charge in [0.15, 0.2) is 0 Å². The Hall–Kier alpha value is -1.39. The molecule has 50 heavy (non-hydrogen) atoms. The molecular formula is C46H80O3S. The van der Waals surface area contributed by atoms with Gasteiger partial charge in [-0.05, 0) is 54.3 Å². The van der Waals surface area contributed by atoms with Crippen molar-refractivity contribution < 1.29 is 13.0 Å². The number of unbranched alkanes of at least 4 members (excludes halogenated alkanes) is 30. The number of hydrogen-bond donors (Lipinski definition) is 1. The van der Waals surface area contributed by atoms with Crippen molar-refractivity contribution in [2.45, 2.75) is 237 Å². The highest BCUT2D eigenvalue weighted by Gasteiger charge is 2.16. The van der Waals surface area contributed by atoms with Crippen molar-refractivity contribution in [3.8, 4) is 0 Å². The van der Waals surface area contributed by atoms with E-state index in [9.17, 15) is 13.0 Å². The third-order valence-electron chi connectivity index (χ3n) is 11.0. The molecule has 3 nitrogen and oxygen atoms in total. The monoisotopic (exact) mass is 713 g/mol. The van der Waals surface area contributed by atoms with Crippen LogP contribution in [0.5, 0.6) is 0 Å². The molecule has 2 rings (SSSR count). The molecule has 0 amide bonds. The minimum Gasteiger partial charge on any atom is -0.282 e. The fraction of sp³-hybridized carbons (Fsp3) is 0.783. The molecule has 0 aliphatic carbocycles. The molecule has 0 aliphatic heterocycles. The summed E-state index contributed by atoms with van der Waals surface area (Å²) >= 11 is 0. The molecule has 288 valence electrons. The normalized spacial score (nSPS) is 12.0. The van der Waals surface area contributed by atoms with E-state index < -0.39 is 10.1 Å². The van der Waals surface area contributed by atoms with Gasteiger partial charge in [-0.15, -0.1) is 0 Å². The zero-order valence-corrected chi connectivity index (χ0v) is 33.9. The summed E-state index contributed by atoms with van der Waals surface area (Å²) in [5.74, 6) is 0. The third kappa shape index (κ3) is 21.9. The predicted octanol–water partition coefficient (Wildman–Crippen LogP) is 15.7. The fourth-order valence-corrected chi connectivity index (χ4v) is 8.46. The van der Waals surface area contributed by atoms with Crippen molar-refractivity contribution in [1.82, 2.24) is 0 Å². The van der Waals surface area contributed by atoms with Crippen LogP contribution in [0.15, 0.2) is 35.2 Å². The molecule has 1 N–H and O–H groups in total. The fourth-order valence-electron chi connectivity index (χ4n) is 7.77. The Bertz CT molecular complexity index is 1190. The number of benzene rings is 2. The maximum atomic E-state index is 12.3. The molecule has 0 radical (unpaired) electrons. The minimum atomic E-state index is -4.27. The molecule has 0 bridgehead atoms. The molecular weight excluding hydrogens is 633 g/mol. The summed E-state index contributed by atoms with van der Waals surface area (Å²) in [6.45, 7) is 4.57. The van der Waals surface area contributed by atoms with Gasteiger partial charge in [0.2, 0.25) is 0 Å². The summed E-state index contributed by atoms with van der Waals surface area (Å²) in [6.07, 6.45) is 45.5. The van der Waals surface area contributed by atoms with Gasteiger partial charge in [-0.3, -0.25) is 4.55 Å². The quantitative estimate of drug-likeness (QED) is 0.0572. The number of hydrogen-bond acceptors (Lipinski definition) is 2. The van der Waals surface area contributed by atoms with Gasteiger partial charge in [-0.2, -0.15) is 8.42 Å². The smallest absolute Gasteiger partial charge is 0.282 e. The maximum absolute atomic E-state index is 12.3. The maximum Gasteiger partial charge on any atom is 0.295 e.